The average Bonchev–Trinajstić information content (AvgIpc) is 2.59. The average molecular weight is 373 g/mol. The third kappa shape index (κ3) is 4.49. The van der Waals surface area contributed by atoms with Crippen LogP contribution in [-0.4, -0.2) is 50.2 Å². The number of unbranched alkanes of at least 4 members (excludes halogenated alkanes) is 1. The van der Waals surface area contributed by atoms with Crippen LogP contribution in [0.2, 0.25) is 5.02 Å². The summed E-state index contributed by atoms with van der Waals surface area (Å²) >= 11 is 5.90. The van der Waals surface area contributed by atoms with Gasteiger partial charge in [0.25, 0.3) is 0 Å². The Morgan fingerprint density at radius 1 is 1.33 bits per heavy atom. The molecule has 0 aromatic heterocycles. The molecule has 1 aromatic rings. The van der Waals surface area contributed by atoms with E-state index in [0.717, 1.165) is 19.4 Å². The molecule has 0 N–H and O–H groups in total. The molecule has 24 heavy (non-hydrogen) atoms. The fraction of sp³-hybridized carbons (Fsp3) is 0.588. The number of halogens is 1. The van der Waals surface area contributed by atoms with Gasteiger partial charge in [0.2, 0.25) is 15.9 Å². The summed E-state index contributed by atoms with van der Waals surface area (Å²) in [7, 11) is -1.72. The van der Waals surface area contributed by atoms with Crippen molar-refractivity contribution in [2.45, 2.75) is 37.5 Å². The molecule has 0 bridgehead atoms. The number of sulfonamides is 1. The number of amides is 1. The Balaban J connectivity index is 1.98. The first kappa shape index (κ1) is 19.2. The van der Waals surface area contributed by atoms with Gasteiger partial charge in [-0.2, -0.15) is 4.31 Å². The van der Waals surface area contributed by atoms with Crippen LogP contribution in [0.15, 0.2) is 29.2 Å². The first-order chi connectivity index (χ1) is 11.4. The van der Waals surface area contributed by atoms with E-state index >= 15 is 0 Å². The van der Waals surface area contributed by atoms with Crippen molar-refractivity contribution < 1.29 is 13.2 Å². The Morgan fingerprint density at radius 3 is 2.58 bits per heavy atom. The van der Waals surface area contributed by atoms with Crippen LogP contribution in [0, 0.1) is 5.92 Å². The summed E-state index contributed by atoms with van der Waals surface area (Å²) in [5.41, 5.74) is 0. The first-order valence-corrected chi connectivity index (χ1v) is 10.2. The number of carbonyl (C=O) groups excluding carboxylic acids is 1. The molecule has 1 aliphatic rings. The maximum absolute atomic E-state index is 12.7. The van der Waals surface area contributed by atoms with E-state index in [1.54, 1.807) is 23.1 Å². The minimum absolute atomic E-state index is 0.0855. The van der Waals surface area contributed by atoms with Gasteiger partial charge in [-0.25, -0.2) is 8.42 Å². The predicted molar refractivity (Wildman–Crippen MR) is 95.5 cm³/mol. The molecular formula is C17H25ClN2O3S. The maximum atomic E-state index is 12.7. The van der Waals surface area contributed by atoms with Gasteiger partial charge in [-0.3, -0.25) is 4.79 Å². The van der Waals surface area contributed by atoms with Crippen molar-refractivity contribution in [1.82, 2.24) is 9.21 Å². The summed E-state index contributed by atoms with van der Waals surface area (Å²) in [4.78, 5) is 14.4. The summed E-state index contributed by atoms with van der Waals surface area (Å²) in [6.45, 7) is 3.59. The van der Waals surface area contributed by atoms with Gasteiger partial charge in [-0.05, 0) is 37.5 Å². The molecule has 1 heterocycles. The molecule has 134 valence electrons. The van der Waals surface area contributed by atoms with Gasteiger partial charge in [-0.15, -0.1) is 0 Å². The third-order valence-corrected chi connectivity index (χ3v) is 6.59. The molecule has 1 aromatic carbocycles. The minimum atomic E-state index is -3.54. The Labute approximate surface area is 149 Å². The maximum Gasteiger partial charge on any atom is 0.243 e. The molecule has 0 unspecified atom stereocenters. The zero-order valence-corrected chi connectivity index (χ0v) is 15.8. The number of benzene rings is 1. The van der Waals surface area contributed by atoms with Crippen molar-refractivity contribution in [2.75, 3.05) is 26.7 Å². The van der Waals surface area contributed by atoms with Gasteiger partial charge in [-0.1, -0.05) is 31.0 Å². The predicted octanol–water partition coefficient (Wildman–Crippen LogP) is 3.00. The van der Waals surface area contributed by atoms with E-state index in [-0.39, 0.29) is 16.7 Å². The Kier molecular flexibility index (Phi) is 6.66. The van der Waals surface area contributed by atoms with Crippen LogP contribution in [0.25, 0.3) is 0 Å². The Morgan fingerprint density at radius 2 is 2.00 bits per heavy atom. The van der Waals surface area contributed by atoms with E-state index in [9.17, 15) is 13.2 Å². The normalized spacial score (nSPS) is 17.0. The third-order valence-electron chi connectivity index (χ3n) is 4.46. The van der Waals surface area contributed by atoms with Crippen molar-refractivity contribution in [2.24, 2.45) is 5.92 Å². The first-order valence-electron chi connectivity index (χ1n) is 8.37. The van der Waals surface area contributed by atoms with Gasteiger partial charge in [0.05, 0.1) is 4.90 Å². The molecule has 1 aliphatic heterocycles. The van der Waals surface area contributed by atoms with Crippen LogP contribution in [0.1, 0.15) is 32.6 Å². The largest absolute Gasteiger partial charge is 0.346 e. The summed E-state index contributed by atoms with van der Waals surface area (Å²) in [5.74, 6) is 0.0425. The molecule has 0 spiro atoms. The lowest BCUT2D eigenvalue weighted by Crippen LogP contribution is -2.43. The fourth-order valence-electron chi connectivity index (χ4n) is 2.94. The van der Waals surface area contributed by atoms with Crippen LogP contribution in [0.4, 0.5) is 0 Å². The molecule has 2 rings (SSSR count). The van der Waals surface area contributed by atoms with E-state index in [2.05, 4.69) is 6.92 Å². The Bertz CT molecular complexity index is 670. The summed E-state index contributed by atoms with van der Waals surface area (Å²) in [6, 6.07) is 6.30. The zero-order chi connectivity index (χ0) is 17.7. The van der Waals surface area contributed by atoms with Gasteiger partial charge in [0, 0.05) is 37.6 Å². The smallest absolute Gasteiger partial charge is 0.243 e. The number of piperidine rings is 1. The number of hydrogen-bond acceptors (Lipinski definition) is 3. The van der Waals surface area contributed by atoms with E-state index in [1.165, 1.54) is 10.4 Å². The van der Waals surface area contributed by atoms with E-state index in [0.29, 0.717) is 31.0 Å². The number of nitrogens with zero attached hydrogens (tertiary/aromatic N) is 2. The van der Waals surface area contributed by atoms with Crippen molar-refractivity contribution in [3.05, 3.63) is 29.3 Å². The molecule has 1 fully saturated rings. The highest BCUT2D eigenvalue weighted by atomic mass is 35.5. The van der Waals surface area contributed by atoms with Crippen molar-refractivity contribution in [1.29, 1.82) is 0 Å². The minimum Gasteiger partial charge on any atom is -0.346 e. The number of rotatable bonds is 6. The second-order valence-corrected chi connectivity index (χ2v) is 8.62. The SMILES string of the molecule is CCCCN(C)C(=O)C1CCN(S(=O)(=O)c2cccc(Cl)c2)CC1. The highest BCUT2D eigenvalue weighted by molar-refractivity contribution is 7.89. The van der Waals surface area contributed by atoms with Gasteiger partial charge in [0.1, 0.15) is 0 Å². The fourth-order valence-corrected chi connectivity index (χ4v) is 4.71. The van der Waals surface area contributed by atoms with Crippen molar-refractivity contribution in [3.63, 3.8) is 0 Å². The molecule has 1 amide bonds. The lowest BCUT2D eigenvalue weighted by atomic mass is 9.96. The van der Waals surface area contributed by atoms with Gasteiger partial charge < -0.3 is 4.90 Å². The monoisotopic (exact) mass is 372 g/mol. The molecule has 0 saturated carbocycles. The summed E-state index contributed by atoms with van der Waals surface area (Å²) < 4.78 is 26.8. The summed E-state index contributed by atoms with van der Waals surface area (Å²) in [6.07, 6.45) is 3.17. The lowest BCUT2D eigenvalue weighted by molar-refractivity contribution is -0.135. The molecule has 1 saturated heterocycles. The van der Waals surface area contributed by atoms with Crippen LogP contribution in [0.5, 0.6) is 0 Å². The number of carbonyl (C=O) groups is 1. The van der Waals surface area contributed by atoms with Gasteiger partial charge in [0.15, 0.2) is 0 Å². The van der Waals surface area contributed by atoms with Crippen LogP contribution in [0.3, 0.4) is 0 Å². The molecule has 5 nitrogen and oxygen atoms in total. The second-order valence-electron chi connectivity index (χ2n) is 6.25. The van der Waals surface area contributed by atoms with E-state index < -0.39 is 10.0 Å². The van der Waals surface area contributed by atoms with Crippen molar-refractivity contribution in [3.8, 4) is 0 Å². The molecular weight excluding hydrogens is 348 g/mol. The quantitative estimate of drug-likeness (QED) is 0.771. The standard InChI is InChI=1S/C17H25ClN2O3S/c1-3-4-10-19(2)17(21)14-8-11-20(12-9-14)24(22,23)16-7-5-6-15(18)13-16/h5-7,13-14H,3-4,8-12H2,1-2H3. The summed E-state index contributed by atoms with van der Waals surface area (Å²) in [5, 5.41) is 0.402. The van der Waals surface area contributed by atoms with Crippen LogP contribution >= 0.6 is 11.6 Å². The highest BCUT2D eigenvalue weighted by Gasteiger charge is 2.33. The van der Waals surface area contributed by atoms with Crippen molar-refractivity contribution >= 4 is 27.5 Å². The molecule has 0 aliphatic carbocycles. The zero-order valence-electron chi connectivity index (χ0n) is 14.2. The number of hydrogen-bond donors (Lipinski definition) is 0. The van der Waals surface area contributed by atoms with E-state index in [4.69, 9.17) is 11.6 Å². The second kappa shape index (κ2) is 8.32. The Hall–Kier alpha value is -1.11. The molecule has 0 atom stereocenters. The topological polar surface area (TPSA) is 57.7 Å². The molecule has 0 radical (unpaired) electrons. The van der Waals surface area contributed by atoms with E-state index in [1.807, 2.05) is 7.05 Å². The highest BCUT2D eigenvalue weighted by Crippen LogP contribution is 2.26. The van der Waals surface area contributed by atoms with Crippen LogP contribution < -0.4 is 0 Å². The molecule has 7 heteroatoms. The van der Waals surface area contributed by atoms with Gasteiger partial charge >= 0.3 is 0 Å². The lowest BCUT2D eigenvalue weighted by Gasteiger charge is -2.32. The van der Waals surface area contributed by atoms with Crippen LogP contribution in [-0.2, 0) is 14.8 Å².